The lowest BCUT2D eigenvalue weighted by atomic mass is 9.99. The fraction of sp³-hybridized carbons (Fsp3) is 0.267. The number of pyridine rings is 1. The third-order valence-corrected chi connectivity index (χ3v) is 2.93. The molecule has 0 spiro atoms. The van der Waals surface area contributed by atoms with Crippen LogP contribution in [0.5, 0.6) is 5.88 Å². The number of ether oxygens (including phenoxy) is 1. The van der Waals surface area contributed by atoms with Crippen molar-refractivity contribution in [3.63, 3.8) is 0 Å². The topological polar surface area (TPSA) is 34.2 Å². The first-order valence-electron chi connectivity index (χ1n) is 6.24. The summed E-state index contributed by atoms with van der Waals surface area (Å²) in [5.74, 6) is 0.274. The molecule has 2 aromatic rings. The number of rotatable bonds is 5. The molecule has 1 aromatic heterocycles. The van der Waals surface area contributed by atoms with Gasteiger partial charge in [-0.1, -0.05) is 31.2 Å². The largest absolute Gasteiger partial charge is 0.481 e. The van der Waals surface area contributed by atoms with Crippen LogP contribution in [0, 0.1) is 5.82 Å². The molecule has 1 unspecified atom stereocenters. The summed E-state index contributed by atoms with van der Waals surface area (Å²) in [6.45, 7) is 2.70. The first-order chi connectivity index (χ1) is 9.27. The number of nitrogens with one attached hydrogen (secondary N) is 1. The van der Waals surface area contributed by atoms with E-state index in [0.29, 0.717) is 11.4 Å². The second-order valence-corrected chi connectivity index (χ2v) is 4.11. The summed E-state index contributed by atoms with van der Waals surface area (Å²) >= 11 is 0. The second kappa shape index (κ2) is 6.29. The Bertz CT molecular complexity index is 545. The minimum atomic E-state index is -0.269. The zero-order valence-corrected chi connectivity index (χ0v) is 11.1. The number of hydrogen-bond donors (Lipinski definition) is 1. The lowest BCUT2D eigenvalue weighted by molar-refractivity contribution is 0.386. The number of nitrogens with zero attached hydrogens (tertiary/aromatic N) is 1. The van der Waals surface area contributed by atoms with Gasteiger partial charge in [-0.2, -0.15) is 0 Å². The lowest BCUT2D eigenvalue weighted by Crippen LogP contribution is -2.23. The summed E-state index contributed by atoms with van der Waals surface area (Å²) in [7, 11) is 1.57. The van der Waals surface area contributed by atoms with Gasteiger partial charge in [0.15, 0.2) is 0 Å². The molecule has 0 radical (unpaired) electrons. The van der Waals surface area contributed by atoms with Gasteiger partial charge >= 0.3 is 0 Å². The molecule has 3 nitrogen and oxygen atoms in total. The molecular formula is C15H17FN2O. The first-order valence-corrected chi connectivity index (χ1v) is 6.24. The van der Waals surface area contributed by atoms with E-state index in [0.717, 1.165) is 12.1 Å². The molecule has 0 aliphatic carbocycles. The van der Waals surface area contributed by atoms with Crippen LogP contribution in [0.3, 0.4) is 0 Å². The molecule has 0 saturated carbocycles. The maximum absolute atomic E-state index is 14.0. The van der Waals surface area contributed by atoms with Crippen molar-refractivity contribution in [2.45, 2.75) is 13.0 Å². The van der Waals surface area contributed by atoms with Gasteiger partial charge < -0.3 is 10.1 Å². The monoisotopic (exact) mass is 260 g/mol. The van der Waals surface area contributed by atoms with Crippen LogP contribution in [0.4, 0.5) is 4.39 Å². The standard InChI is InChI=1S/C15H17FN2O/c1-3-17-14(11-7-4-5-9-13(11)16)12-8-6-10-18-15(12)19-2/h4-10,14,17H,3H2,1-2H3. The Morgan fingerprint density at radius 1 is 1.21 bits per heavy atom. The minimum absolute atomic E-state index is 0.237. The molecule has 0 bridgehead atoms. The number of benzene rings is 1. The van der Waals surface area contributed by atoms with E-state index in [2.05, 4.69) is 10.3 Å². The van der Waals surface area contributed by atoms with Crippen molar-refractivity contribution in [2.24, 2.45) is 0 Å². The highest BCUT2D eigenvalue weighted by Gasteiger charge is 2.20. The predicted molar refractivity (Wildman–Crippen MR) is 72.7 cm³/mol. The minimum Gasteiger partial charge on any atom is -0.481 e. The van der Waals surface area contributed by atoms with Gasteiger partial charge in [-0.25, -0.2) is 9.37 Å². The van der Waals surface area contributed by atoms with Crippen LogP contribution in [0.15, 0.2) is 42.6 Å². The van der Waals surface area contributed by atoms with Gasteiger partial charge in [-0.15, -0.1) is 0 Å². The van der Waals surface area contributed by atoms with Gasteiger partial charge in [0.2, 0.25) is 5.88 Å². The summed E-state index contributed by atoms with van der Waals surface area (Å²) in [6.07, 6.45) is 1.66. The van der Waals surface area contributed by atoms with Crippen molar-refractivity contribution in [1.29, 1.82) is 0 Å². The molecule has 0 saturated heterocycles. The molecule has 4 heteroatoms. The summed E-state index contributed by atoms with van der Waals surface area (Å²) in [4.78, 5) is 4.17. The first kappa shape index (κ1) is 13.5. The maximum Gasteiger partial charge on any atom is 0.218 e. The molecule has 19 heavy (non-hydrogen) atoms. The van der Waals surface area contributed by atoms with E-state index in [4.69, 9.17) is 4.74 Å². The summed E-state index contributed by atoms with van der Waals surface area (Å²) in [5, 5.41) is 3.27. The predicted octanol–water partition coefficient (Wildman–Crippen LogP) is 2.93. The van der Waals surface area contributed by atoms with E-state index in [1.807, 2.05) is 25.1 Å². The van der Waals surface area contributed by atoms with Crippen LogP contribution in [0.2, 0.25) is 0 Å². The van der Waals surface area contributed by atoms with Crippen LogP contribution in [-0.2, 0) is 0 Å². The molecule has 0 fully saturated rings. The molecule has 1 aromatic carbocycles. The molecule has 1 heterocycles. The summed E-state index contributed by atoms with van der Waals surface area (Å²) in [5.41, 5.74) is 1.42. The van der Waals surface area contributed by atoms with Gasteiger partial charge in [0, 0.05) is 17.3 Å². The maximum atomic E-state index is 14.0. The van der Waals surface area contributed by atoms with Gasteiger partial charge in [-0.3, -0.25) is 0 Å². The van der Waals surface area contributed by atoms with E-state index in [1.165, 1.54) is 6.07 Å². The van der Waals surface area contributed by atoms with Gasteiger partial charge in [-0.05, 0) is 18.7 Å². The normalized spacial score (nSPS) is 12.2. The van der Waals surface area contributed by atoms with E-state index in [1.54, 1.807) is 25.4 Å². The van der Waals surface area contributed by atoms with Crippen molar-refractivity contribution < 1.29 is 9.13 Å². The Kier molecular flexibility index (Phi) is 4.47. The van der Waals surface area contributed by atoms with Crippen molar-refractivity contribution in [1.82, 2.24) is 10.3 Å². The Morgan fingerprint density at radius 2 is 1.95 bits per heavy atom. The Balaban J connectivity index is 2.49. The molecule has 100 valence electrons. The van der Waals surface area contributed by atoms with Gasteiger partial charge in [0.1, 0.15) is 5.82 Å². The molecule has 0 amide bonds. The molecule has 1 N–H and O–H groups in total. The smallest absolute Gasteiger partial charge is 0.218 e. The van der Waals surface area contributed by atoms with E-state index in [-0.39, 0.29) is 11.9 Å². The summed E-state index contributed by atoms with van der Waals surface area (Å²) < 4.78 is 19.2. The number of methoxy groups -OCH3 is 1. The second-order valence-electron chi connectivity index (χ2n) is 4.11. The molecule has 0 aliphatic rings. The number of aromatic nitrogens is 1. The third-order valence-electron chi connectivity index (χ3n) is 2.93. The Hall–Kier alpha value is -1.94. The molecular weight excluding hydrogens is 243 g/mol. The highest BCUT2D eigenvalue weighted by atomic mass is 19.1. The molecule has 0 aliphatic heterocycles. The van der Waals surface area contributed by atoms with Crippen LogP contribution in [-0.4, -0.2) is 18.6 Å². The van der Waals surface area contributed by atoms with Crippen molar-refractivity contribution in [2.75, 3.05) is 13.7 Å². The molecule has 1 atom stereocenters. The average Bonchev–Trinajstić information content (AvgIpc) is 2.46. The number of halogens is 1. The van der Waals surface area contributed by atoms with Crippen LogP contribution >= 0.6 is 0 Å². The fourth-order valence-electron chi connectivity index (χ4n) is 2.09. The van der Waals surface area contributed by atoms with Crippen molar-refractivity contribution >= 4 is 0 Å². The lowest BCUT2D eigenvalue weighted by Gasteiger charge is -2.20. The SMILES string of the molecule is CCNC(c1ccccc1F)c1cccnc1OC. The Labute approximate surface area is 112 Å². The zero-order chi connectivity index (χ0) is 13.7. The average molecular weight is 260 g/mol. The highest BCUT2D eigenvalue weighted by Crippen LogP contribution is 2.29. The Morgan fingerprint density at radius 3 is 2.63 bits per heavy atom. The van der Waals surface area contributed by atoms with Crippen molar-refractivity contribution in [3.05, 3.63) is 59.5 Å². The molecule has 2 rings (SSSR count). The summed E-state index contributed by atoms with van der Waals surface area (Å²) in [6, 6.07) is 10.2. The van der Waals surface area contributed by atoms with E-state index in [9.17, 15) is 4.39 Å². The van der Waals surface area contributed by atoms with Gasteiger partial charge in [0.25, 0.3) is 0 Å². The van der Waals surface area contributed by atoms with Crippen LogP contribution in [0.25, 0.3) is 0 Å². The quantitative estimate of drug-likeness (QED) is 0.897. The van der Waals surface area contributed by atoms with E-state index >= 15 is 0 Å². The van der Waals surface area contributed by atoms with E-state index < -0.39 is 0 Å². The van der Waals surface area contributed by atoms with Crippen LogP contribution in [0.1, 0.15) is 24.1 Å². The third kappa shape index (κ3) is 2.90. The van der Waals surface area contributed by atoms with Gasteiger partial charge in [0.05, 0.1) is 13.2 Å². The highest BCUT2D eigenvalue weighted by molar-refractivity contribution is 5.37. The fourth-order valence-corrected chi connectivity index (χ4v) is 2.09. The zero-order valence-electron chi connectivity index (χ0n) is 11.1. The van der Waals surface area contributed by atoms with Crippen molar-refractivity contribution in [3.8, 4) is 5.88 Å². The van der Waals surface area contributed by atoms with Crippen LogP contribution < -0.4 is 10.1 Å². The number of hydrogen-bond acceptors (Lipinski definition) is 3.